The van der Waals surface area contributed by atoms with E-state index in [9.17, 15) is 18.3 Å². The van der Waals surface area contributed by atoms with Gasteiger partial charge in [0.1, 0.15) is 11.9 Å². The van der Waals surface area contributed by atoms with Crippen molar-refractivity contribution in [1.82, 2.24) is 4.90 Å². The maximum Gasteiger partial charge on any atom is 0.424 e. The molecule has 1 aliphatic carbocycles. The minimum atomic E-state index is -4.93. The van der Waals surface area contributed by atoms with Gasteiger partial charge in [-0.3, -0.25) is 0 Å². The van der Waals surface area contributed by atoms with Crippen molar-refractivity contribution in [3.63, 3.8) is 0 Å². The average molecular weight is 402 g/mol. The lowest BCUT2D eigenvalue weighted by Crippen LogP contribution is -2.56. The predicted molar refractivity (Wildman–Crippen MR) is 102 cm³/mol. The first-order valence-electron chi connectivity index (χ1n) is 9.35. The lowest BCUT2D eigenvalue weighted by Gasteiger charge is -2.44. The zero-order valence-electron chi connectivity index (χ0n) is 17.0. The van der Waals surface area contributed by atoms with E-state index in [4.69, 9.17) is 9.47 Å². The quantitative estimate of drug-likeness (QED) is 0.524. The van der Waals surface area contributed by atoms with Crippen molar-refractivity contribution in [3.05, 3.63) is 23.3 Å². The fourth-order valence-corrected chi connectivity index (χ4v) is 3.44. The predicted octanol–water partition coefficient (Wildman–Crippen LogP) is 4.18. The maximum absolute atomic E-state index is 14.2. The van der Waals surface area contributed by atoms with E-state index in [0.29, 0.717) is 24.1 Å². The molecule has 158 valence electrons. The molecule has 0 bridgehead atoms. The first-order chi connectivity index (χ1) is 13.1. The summed E-state index contributed by atoms with van der Waals surface area (Å²) < 4.78 is 53.0. The Morgan fingerprint density at radius 1 is 1.32 bits per heavy atom. The Balaban J connectivity index is 2.60. The molecule has 1 fully saturated rings. The second-order valence-corrected chi connectivity index (χ2v) is 7.27. The third-order valence-electron chi connectivity index (χ3n) is 5.50. The Kier molecular flexibility index (Phi) is 6.98. The minimum Gasteiger partial charge on any atom is -0.496 e. The average Bonchev–Trinajstić information content (AvgIpc) is 2.61. The van der Waals surface area contributed by atoms with E-state index in [0.717, 1.165) is 13.0 Å². The summed E-state index contributed by atoms with van der Waals surface area (Å²) in [6.45, 7) is 4.35. The molecule has 0 heterocycles. The Morgan fingerprint density at radius 2 is 1.96 bits per heavy atom. The number of methoxy groups -OCH3 is 2. The largest absolute Gasteiger partial charge is 0.496 e. The third-order valence-corrected chi connectivity index (χ3v) is 5.50. The molecule has 0 saturated heterocycles. The number of nitrogens with zero attached hydrogens (tertiary/aromatic N) is 2. The first kappa shape index (κ1) is 22.5. The summed E-state index contributed by atoms with van der Waals surface area (Å²) in [6, 6.07) is 2.73. The summed E-state index contributed by atoms with van der Waals surface area (Å²) >= 11 is 0. The molecule has 2 unspecified atom stereocenters. The van der Waals surface area contributed by atoms with Crippen LogP contribution < -0.4 is 4.74 Å². The highest BCUT2D eigenvalue weighted by Crippen LogP contribution is 2.51. The molecular weight excluding hydrogens is 373 g/mol. The maximum atomic E-state index is 14.2. The number of hydrogen-bond donors (Lipinski definition) is 1. The van der Waals surface area contributed by atoms with E-state index in [2.05, 4.69) is 4.99 Å². The van der Waals surface area contributed by atoms with Crippen LogP contribution in [0, 0.1) is 12.8 Å². The molecule has 0 amide bonds. The van der Waals surface area contributed by atoms with Gasteiger partial charge in [-0.15, -0.1) is 0 Å². The van der Waals surface area contributed by atoms with Gasteiger partial charge < -0.3 is 19.5 Å². The SMILES string of the molecule is CCN(C)/C=N\c1cc(OC)c(C(O)(C(OC)C2CCC2)C(F)(F)F)cc1C. The third kappa shape index (κ3) is 4.12. The molecule has 8 heteroatoms. The van der Waals surface area contributed by atoms with Gasteiger partial charge in [-0.1, -0.05) is 6.42 Å². The van der Waals surface area contributed by atoms with Gasteiger partial charge >= 0.3 is 6.18 Å². The van der Waals surface area contributed by atoms with Gasteiger partial charge in [-0.25, -0.2) is 4.99 Å². The van der Waals surface area contributed by atoms with E-state index in [1.165, 1.54) is 26.4 Å². The molecule has 1 saturated carbocycles. The van der Waals surface area contributed by atoms with Gasteiger partial charge in [0, 0.05) is 32.3 Å². The molecule has 2 rings (SSSR count). The van der Waals surface area contributed by atoms with Crippen LogP contribution >= 0.6 is 0 Å². The lowest BCUT2D eigenvalue weighted by molar-refractivity contribution is -0.311. The van der Waals surface area contributed by atoms with Crippen molar-refractivity contribution in [2.45, 2.75) is 51.0 Å². The number of ether oxygens (including phenoxy) is 2. The van der Waals surface area contributed by atoms with E-state index in [1.54, 1.807) is 13.3 Å². The molecule has 0 radical (unpaired) electrons. The smallest absolute Gasteiger partial charge is 0.424 e. The standard InChI is InChI=1S/C20H29F3N2O3/c1-6-25(3)12-24-16-11-17(27-4)15(10-13(16)2)19(26,20(21,22)23)18(28-5)14-8-7-9-14/h10-12,14,18,26H,6-9H2,1-5H3/b24-12-. The van der Waals surface area contributed by atoms with E-state index < -0.39 is 17.9 Å². The molecule has 5 nitrogen and oxygen atoms in total. The first-order valence-corrected chi connectivity index (χ1v) is 9.35. The molecule has 28 heavy (non-hydrogen) atoms. The van der Waals surface area contributed by atoms with Crippen LogP contribution in [0.15, 0.2) is 17.1 Å². The van der Waals surface area contributed by atoms with Crippen molar-refractivity contribution >= 4 is 12.0 Å². The van der Waals surface area contributed by atoms with E-state index in [1.807, 2.05) is 18.9 Å². The monoisotopic (exact) mass is 402 g/mol. The normalized spacial score (nSPS) is 18.6. The summed E-state index contributed by atoms with van der Waals surface area (Å²) in [7, 11) is 4.33. The van der Waals surface area contributed by atoms with Crippen molar-refractivity contribution in [3.8, 4) is 5.75 Å². The zero-order chi connectivity index (χ0) is 21.1. The zero-order valence-corrected chi connectivity index (χ0v) is 17.0. The number of aliphatic imine (C=N–C) groups is 1. The van der Waals surface area contributed by atoms with Crippen LogP contribution in [0.1, 0.15) is 37.3 Å². The van der Waals surface area contributed by atoms with E-state index >= 15 is 0 Å². The van der Waals surface area contributed by atoms with Gasteiger partial charge in [0.2, 0.25) is 5.60 Å². The van der Waals surface area contributed by atoms with Crippen molar-refractivity contribution in [1.29, 1.82) is 0 Å². The highest BCUT2D eigenvalue weighted by atomic mass is 19.4. The van der Waals surface area contributed by atoms with Crippen molar-refractivity contribution in [2.24, 2.45) is 10.9 Å². The number of hydrogen-bond acceptors (Lipinski definition) is 4. The summed E-state index contributed by atoms with van der Waals surface area (Å²) in [5.41, 5.74) is -2.54. The summed E-state index contributed by atoms with van der Waals surface area (Å²) in [6.07, 6.45) is -2.74. The highest BCUT2D eigenvalue weighted by molar-refractivity contribution is 5.65. The summed E-state index contributed by atoms with van der Waals surface area (Å²) in [5.74, 6) is -0.435. The van der Waals surface area contributed by atoms with Gasteiger partial charge in [0.15, 0.2) is 0 Å². The molecule has 0 aliphatic heterocycles. The van der Waals surface area contributed by atoms with Crippen molar-refractivity contribution in [2.75, 3.05) is 27.8 Å². The van der Waals surface area contributed by atoms with Crippen molar-refractivity contribution < 1.29 is 27.8 Å². The summed E-state index contributed by atoms with van der Waals surface area (Å²) in [4.78, 5) is 6.16. The number of halogens is 3. The van der Waals surface area contributed by atoms with E-state index in [-0.39, 0.29) is 17.2 Å². The molecule has 1 aromatic rings. The molecular formula is C20H29F3N2O3. The minimum absolute atomic E-state index is 0.0712. The second-order valence-electron chi connectivity index (χ2n) is 7.27. The van der Waals surface area contributed by atoms with Gasteiger partial charge in [0.25, 0.3) is 0 Å². The van der Waals surface area contributed by atoms with Gasteiger partial charge in [-0.05, 0) is 44.2 Å². The van der Waals surface area contributed by atoms with Crippen LogP contribution in [0.25, 0.3) is 0 Å². The molecule has 0 spiro atoms. The van der Waals surface area contributed by atoms with Crippen LogP contribution in [0.2, 0.25) is 0 Å². The molecule has 1 aromatic carbocycles. The molecule has 2 atom stereocenters. The molecule has 1 aliphatic rings. The number of alkyl halides is 3. The fraction of sp³-hybridized carbons (Fsp3) is 0.650. The molecule has 1 N–H and O–H groups in total. The fourth-order valence-electron chi connectivity index (χ4n) is 3.44. The number of aliphatic hydroxyl groups is 1. The van der Waals surface area contributed by atoms with Crippen LogP contribution in [-0.2, 0) is 10.3 Å². The topological polar surface area (TPSA) is 54.3 Å². The number of rotatable bonds is 8. The van der Waals surface area contributed by atoms with Gasteiger partial charge in [0.05, 0.1) is 19.1 Å². The van der Waals surface area contributed by atoms with Crippen LogP contribution in [-0.4, -0.2) is 56.4 Å². The highest BCUT2D eigenvalue weighted by Gasteiger charge is 2.63. The second kappa shape index (κ2) is 8.69. The Bertz CT molecular complexity index is 705. The van der Waals surface area contributed by atoms with Crippen LogP contribution in [0.4, 0.5) is 18.9 Å². The van der Waals surface area contributed by atoms with Crippen LogP contribution in [0.5, 0.6) is 5.75 Å². The molecule has 0 aromatic heterocycles. The Morgan fingerprint density at radius 3 is 2.39 bits per heavy atom. The number of aryl methyl sites for hydroxylation is 1. The number of benzene rings is 1. The van der Waals surface area contributed by atoms with Crippen LogP contribution in [0.3, 0.4) is 0 Å². The van der Waals surface area contributed by atoms with Gasteiger partial charge in [-0.2, -0.15) is 13.2 Å². The lowest BCUT2D eigenvalue weighted by atomic mass is 9.71. The summed E-state index contributed by atoms with van der Waals surface area (Å²) in [5, 5.41) is 11.0. The Labute approximate surface area is 164 Å². The Hall–Kier alpha value is -1.80.